The molecule has 2 aliphatic heterocycles. The third kappa shape index (κ3) is 1.45. The van der Waals surface area contributed by atoms with Gasteiger partial charge in [-0.15, -0.1) is 0 Å². The molecule has 0 radical (unpaired) electrons. The van der Waals surface area contributed by atoms with Gasteiger partial charge in [-0.1, -0.05) is 0 Å². The fourth-order valence-electron chi connectivity index (χ4n) is 2.88. The average molecular weight is 262 g/mol. The highest BCUT2D eigenvalue weighted by molar-refractivity contribution is 6.48. The van der Waals surface area contributed by atoms with Crippen LogP contribution in [-0.4, -0.2) is 36.4 Å². The van der Waals surface area contributed by atoms with Gasteiger partial charge in [0, 0.05) is 11.4 Å². The van der Waals surface area contributed by atoms with E-state index in [4.69, 9.17) is 14.1 Å². The summed E-state index contributed by atoms with van der Waals surface area (Å²) in [7, 11) is -0.932. The van der Waals surface area contributed by atoms with E-state index in [2.05, 4.69) is 0 Å². The van der Waals surface area contributed by atoms with Crippen LogP contribution < -0.4 is 14.1 Å². The Morgan fingerprint density at radius 3 is 2.89 bits per heavy atom. The molecule has 2 heterocycles. The van der Waals surface area contributed by atoms with Crippen molar-refractivity contribution >= 4 is 13.1 Å². The summed E-state index contributed by atoms with van der Waals surface area (Å²) in [4.78, 5) is 11.5. The number of carbonyl (C=O) groups is 1. The molecule has 0 bridgehead atoms. The fourth-order valence-corrected chi connectivity index (χ4v) is 2.88. The summed E-state index contributed by atoms with van der Waals surface area (Å²) in [5.74, 6) is -0.0332. The standard InChI is InChI=1S/C12H11BO6/c14-12(15)9-10-6(5-3-7(5)13(16)19-10)4-8-11(9)18-2-1-17-8/h4-5,7,16H,1-3H2,(H,14,15)/t5?,7-/m1/s1. The molecule has 0 saturated heterocycles. The van der Waals surface area contributed by atoms with Crippen LogP contribution in [0.25, 0.3) is 0 Å². The molecule has 1 aromatic rings. The first-order valence-corrected chi connectivity index (χ1v) is 6.21. The van der Waals surface area contributed by atoms with E-state index in [-0.39, 0.29) is 28.8 Å². The summed E-state index contributed by atoms with van der Waals surface area (Å²) in [6, 6.07) is 1.78. The van der Waals surface area contributed by atoms with Crippen LogP contribution in [0, 0.1) is 0 Å². The third-order valence-electron chi connectivity index (χ3n) is 3.87. The summed E-state index contributed by atoms with van der Waals surface area (Å²) in [6.07, 6.45) is 0.812. The van der Waals surface area contributed by atoms with Crippen molar-refractivity contribution in [3.63, 3.8) is 0 Å². The lowest BCUT2D eigenvalue weighted by molar-refractivity contribution is 0.0683. The van der Waals surface area contributed by atoms with Gasteiger partial charge in [-0.05, 0) is 18.4 Å². The van der Waals surface area contributed by atoms with E-state index in [1.165, 1.54) is 0 Å². The van der Waals surface area contributed by atoms with Gasteiger partial charge in [0.25, 0.3) is 0 Å². The first-order chi connectivity index (χ1) is 9.16. The summed E-state index contributed by atoms with van der Waals surface area (Å²) >= 11 is 0. The van der Waals surface area contributed by atoms with Gasteiger partial charge in [0.1, 0.15) is 24.5 Å². The first kappa shape index (κ1) is 11.0. The zero-order valence-corrected chi connectivity index (χ0v) is 9.96. The minimum atomic E-state index is -1.13. The Hall–Kier alpha value is -1.89. The molecular formula is C12H11BO6. The number of ether oxygens (including phenoxy) is 2. The lowest BCUT2D eigenvalue weighted by atomic mass is 9.77. The topological polar surface area (TPSA) is 85.2 Å². The van der Waals surface area contributed by atoms with Crippen LogP contribution in [0.5, 0.6) is 17.2 Å². The lowest BCUT2D eigenvalue weighted by Gasteiger charge is -2.26. The molecule has 0 aromatic heterocycles. The van der Waals surface area contributed by atoms with Gasteiger partial charge in [0.2, 0.25) is 0 Å². The van der Waals surface area contributed by atoms with Gasteiger partial charge in [0.05, 0.1) is 0 Å². The minimum absolute atomic E-state index is 0.0448. The molecule has 1 aliphatic carbocycles. The Labute approximate surface area is 109 Å². The maximum Gasteiger partial charge on any atom is 0.526 e. The van der Waals surface area contributed by atoms with E-state index in [0.717, 1.165) is 12.0 Å². The van der Waals surface area contributed by atoms with Crippen molar-refractivity contribution in [1.29, 1.82) is 0 Å². The summed E-state index contributed by atoms with van der Waals surface area (Å²) in [5.41, 5.74) is 0.758. The second-order valence-electron chi connectivity index (χ2n) is 5.01. The summed E-state index contributed by atoms with van der Waals surface area (Å²) in [5, 5.41) is 19.2. The van der Waals surface area contributed by atoms with Crippen molar-refractivity contribution in [2.24, 2.45) is 0 Å². The van der Waals surface area contributed by atoms with Crippen molar-refractivity contribution in [1.82, 2.24) is 0 Å². The normalized spacial score (nSPS) is 26.1. The molecule has 0 spiro atoms. The van der Waals surface area contributed by atoms with Gasteiger partial charge >= 0.3 is 13.1 Å². The molecule has 19 heavy (non-hydrogen) atoms. The third-order valence-corrected chi connectivity index (χ3v) is 3.87. The zero-order chi connectivity index (χ0) is 13.1. The van der Waals surface area contributed by atoms with Crippen LogP contribution >= 0.6 is 0 Å². The molecule has 1 unspecified atom stereocenters. The molecule has 0 amide bonds. The Morgan fingerprint density at radius 2 is 2.11 bits per heavy atom. The molecule has 1 fully saturated rings. The van der Waals surface area contributed by atoms with Crippen molar-refractivity contribution in [3.05, 3.63) is 17.2 Å². The molecule has 2 N–H and O–H groups in total. The number of carboxylic acids is 1. The van der Waals surface area contributed by atoms with Crippen LogP contribution in [0.4, 0.5) is 0 Å². The number of benzene rings is 1. The second-order valence-corrected chi connectivity index (χ2v) is 5.01. The number of hydrogen-bond donors (Lipinski definition) is 2. The SMILES string of the molecule is O=C(O)c1c2c(cc3c1OB(O)[C@@H]1CC31)OCCO2. The van der Waals surface area contributed by atoms with Crippen LogP contribution in [-0.2, 0) is 0 Å². The van der Waals surface area contributed by atoms with Gasteiger partial charge in [-0.3, -0.25) is 0 Å². The maximum atomic E-state index is 11.5. The largest absolute Gasteiger partial charge is 0.535 e. The second kappa shape index (κ2) is 3.57. The van der Waals surface area contributed by atoms with E-state index >= 15 is 0 Å². The summed E-state index contributed by atoms with van der Waals surface area (Å²) < 4.78 is 16.2. The fraction of sp³-hybridized carbons (Fsp3) is 0.417. The first-order valence-electron chi connectivity index (χ1n) is 6.21. The molecule has 98 valence electrons. The van der Waals surface area contributed by atoms with Gasteiger partial charge in [-0.2, -0.15) is 0 Å². The van der Waals surface area contributed by atoms with Crippen molar-refractivity contribution in [2.45, 2.75) is 18.2 Å². The molecule has 3 aliphatic rings. The average Bonchev–Trinajstić information content (AvgIpc) is 3.17. The van der Waals surface area contributed by atoms with Gasteiger partial charge < -0.3 is 24.3 Å². The maximum absolute atomic E-state index is 11.5. The van der Waals surface area contributed by atoms with Crippen LogP contribution in [0.2, 0.25) is 5.82 Å². The Bertz CT molecular complexity index is 586. The van der Waals surface area contributed by atoms with Gasteiger partial charge in [-0.25, -0.2) is 4.79 Å². The highest BCUT2D eigenvalue weighted by Gasteiger charge is 2.55. The molecule has 1 aromatic carbocycles. The van der Waals surface area contributed by atoms with E-state index in [0.29, 0.717) is 19.0 Å². The predicted molar refractivity (Wildman–Crippen MR) is 64.1 cm³/mol. The molecule has 6 nitrogen and oxygen atoms in total. The lowest BCUT2D eigenvalue weighted by Crippen LogP contribution is -2.28. The Balaban J connectivity index is 1.96. The highest BCUT2D eigenvalue weighted by atomic mass is 16.6. The number of aromatic carboxylic acids is 1. The Kier molecular flexibility index (Phi) is 2.06. The monoisotopic (exact) mass is 262 g/mol. The van der Waals surface area contributed by atoms with Crippen molar-refractivity contribution < 1.29 is 29.1 Å². The minimum Gasteiger partial charge on any atom is -0.535 e. The molecule has 2 atom stereocenters. The van der Waals surface area contributed by atoms with Crippen molar-refractivity contribution in [2.75, 3.05) is 13.2 Å². The molecule has 1 saturated carbocycles. The smallest absolute Gasteiger partial charge is 0.526 e. The van der Waals surface area contributed by atoms with Crippen LogP contribution in [0.1, 0.15) is 28.3 Å². The molecular weight excluding hydrogens is 251 g/mol. The van der Waals surface area contributed by atoms with E-state index < -0.39 is 13.1 Å². The van der Waals surface area contributed by atoms with E-state index in [9.17, 15) is 14.9 Å². The number of rotatable bonds is 1. The Morgan fingerprint density at radius 1 is 1.32 bits per heavy atom. The quantitative estimate of drug-likeness (QED) is 0.731. The van der Waals surface area contributed by atoms with E-state index in [1.807, 2.05) is 0 Å². The number of fused-ring (bicyclic) bond motifs is 4. The number of hydrogen-bond acceptors (Lipinski definition) is 5. The highest BCUT2D eigenvalue weighted by Crippen LogP contribution is 2.62. The van der Waals surface area contributed by atoms with Crippen LogP contribution in [0.3, 0.4) is 0 Å². The van der Waals surface area contributed by atoms with Crippen LogP contribution in [0.15, 0.2) is 6.07 Å². The van der Waals surface area contributed by atoms with Gasteiger partial charge in [0.15, 0.2) is 11.5 Å². The van der Waals surface area contributed by atoms with E-state index in [1.54, 1.807) is 6.07 Å². The number of carboxylic acid groups (broad SMARTS) is 1. The molecule has 4 rings (SSSR count). The zero-order valence-electron chi connectivity index (χ0n) is 9.96. The summed E-state index contributed by atoms with van der Waals surface area (Å²) in [6.45, 7) is 0.711. The molecule has 7 heteroatoms. The predicted octanol–water partition coefficient (Wildman–Crippen LogP) is 0.886. The van der Waals surface area contributed by atoms with Crippen molar-refractivity contribution in [3.8, 4) is 17.2 Å².